The number of aliphatic hydroxyl groups is 1. The summed E-state index contributed by atoms with van der Waals surface area (Å²) in [6, 6.07) is 9.36. The number of aliphatic hydroxyl groups excluding tert-OH is 1. The van der Waals surface area contributed by atoms with Gasteiger partial charge in [0.1, 0.15) is 16.9 Å². The maximum Gasteiger partial charge on any atom is 0.300 e. The smallest absolute Gasteiger partial charge is 0.300 e. The third-order valence-electron chi connectivity index (χ3n) is 5.39. The highest BCUT2D eigenvalue weighted by Gasteiger charge is 2.27. The van der Waals surface area contributed by atoms with E-state index in [-0.39, 0.29) is 11.7 Å². The SMILES string of the molecule is O=c1ccc2cc(OCCCCc3nn[nH][n+]3C3CCC(O)CC3)ccc2[nH]1. The lowest BCUT2D eigenvalue weighted by molar-refractivity contribution is -0.786. The van der Waals surface area contributed by atoms with E-state index >= 15 is 0 Å². The van der Waals surface area contributed by atoms with E-state index in [9.17, 15) is 9.90 Å². The summed E-state index contributed by atoms with van der Waals surface area (Å²) < 4.78 is 7.92. The molecule has 1 aromatic carbocycles. The van der Waals surface area contributed by atoms with Gasteiger partial charge < -0.3 is 14.8 Å². The third kappa shape index (κ3) is 4.39. The third-order valence-corrected chi connectivity index (χ3v) is 5.39. The summed E-state index contributed by atoms with van der Waals surface area (Å²) in [5.41, 5.74) is 0.710. The number of pyridine rings is 1. The Bertz CT molecular complexity index is 975. The predicted molar refractivity (Wildman–Crippen MR) is 103 cm³/mol. The monoisotopic (exact) mass is 384 g/mol. The zero-order valence-electron chi connectivity index (χ0n) is 15.8. The summed E-state index contributed by atoms with van der Waals surface area (Å²) >= 11 is 0. The molecule has 0 radical (unpaired) electrons. The molecule has 0 bridgehead atoms. The Balaban J connectivity index is 1.25. The molecule has 2 heterocycles. The van der Waals surface area contributed by atoms with Gasteiger partial charge in [-0.3, -0.25) is 4.79 Å². The Morgan fingerprint density at radius 2 is 2.00 bits per heavy atom. The molecule has 1 saturated carbocycles. The van der Waals surface area contributed by atoms with Crippen molar-refractivity contribution in [2.45, 2.75) is 57.1 Å². The maximum atomic E-state index is 11.3. The Hall–Kier alpha value is -2.74. The molecule has 0 unspecified atom stereocenters. The number of fused-ring (bicyclic) bond motifs is 1. The van der Waals surface area contributed by atoms with Gasteiger partial charge in [0.25, 0.3) is 0 Å². The van der Waals surface area contributed by atoms with Gasteiger partial charge in [0.2, 0.25) is 5.56 Å². The van der Waals surface area contributed by atoms with Gasteiger partial charge in [-0.15, -0.1) is 0 Å². The highest BCUT2D eigenvalue weighted by molar-refractivity contribution is 5.79. The van der Waals surface area contributed by atoms with Crippen molar-refractivity contribution < 1.29 is 14.5 Å². The number of nitrogens with one attached hydrogen (secondary N) is 2. The number of hydrogen-bond acceptors (Lipinski definition) is 5. The van der Waals surface area contributed by atoms with Gasteiger partial charge in [-0.1, -0.05) is 5.21 Å². The Labute approximate surface area is 162 Å². The minimum absolute atomic E-state index is 0.101. The second-order valence-corrected chi connectivity index (χ2v) is 7.43. The zero-order valence-corrected chi connectivity index (χ0v) is 15.8. The van der Waals surface area contributed by atoms with Crippen molar-refractivity contribution in [3.05, 3.63) is 46.5 Å². The van der Waals surface area contributed by atoms with Crippen molar-refractivity contribution in [1.29, 1.82) is 0 Å². The number of nitrogens with zero attached hydrogens (tertiary/aromatic N) is 3. The van der Waals surface area contributed by atoms with Crippen molar-refractivity contribution in [2.75, 3.05) is 6.61 Å². The van der Waals surface area contributed by atoms with Crippen LogP contribution in [0, 0.1) is 0 Å². The topological polar surface area (TPSA) is 108 Å². The van der Waals surface area contributed by atoms with Crippen LogP contribution < -0.4 is 15.0 Å². The van der Waals surface area contributed by atoms with E-state index in [0.29, 0.717) is 12.6 Å². The fraction of sp³-hybridized carbons (Fsp3) is 0.500. The average Bonchev–Trinajstić information content (AvgIpc) is 3.17. The Kier molecular flexibility index (Phi) is 5.66. The van der Waals surface area contributed by atoms with E-state index < -0.39 is 0 Å². The van der Waals surface area contributed by atoms with E-state index in [4.69, 9.17) is 4.74 Å². The van der Waals surface area contributed by atoms with Gasteiger partial charge in [0.15, 0.2) is 5.21 Å². The van der Waals surface area contributed by atoms with Crippen molar-refractivity contribution in [3.63, 3.8) is 0 Å². The summed E-state index contributed by atoms with van der Waals surface area (Å²) in [5, 5.41) is 21.8. The second-order valence-electron chi connectivity index (χ2n) is 7.43. The first kappa shape index (κ1) is 18.6. The van der Waals surface area contributed by atoms with Gasteiger partial charge in [-0.25, -0.2) is 0 Å². The van der Waals surface area contributed by atoms with Crippen LogP contribution in [0.15, 0.2) is 35.1 Å². The standard InChI is InChI=1S/C20H25N5O3/c26-16-7-5-15(6-8-16)25-19(22-23-24-25)3-1-2-12-28-17-9-10-18-14(13-17)4-11-20(27)21-18/h4,9-11,13,15-16,26H,1-3,5-8,12H2,(H,21,27)/p+1. The van der Waals surface area contributed by atoms with Crippen molar-refractivity contribution in [1.82, 2.24) is 20.5 Å². The summed E-state index contributed by atoms with van der Waals surface area (Å²) in [7, 11) is 0. The predicted octanol–water partition coefficient (Wildman–Crippen LogP) is 1.81. The molecular weight excluding hydrogens is 358 g/mol. The van der Waals surface area contributed by atoms with Crippen LogP contribution >= 0.6 is 0 Å². The van der Waals surface area contributed by atoms with Crippen molar-refractivity contribution in [2.24, 2.45) is 0 Å². The molecule has 2 aromatic heterocycles. The number of hydrogen-bond donors (Lipinski definition) is 3. The number of tetrazole rings is 1. The van der Waals surface area contributed by atoms with E-state index in [1.54, 1.807) is 6.07 Å². The lowest BCUT2D eigenvalue weighted by atomic mass is 9.93. The molecule has 0 aliphatic heterocycles. The molecule has 4 rings (SSSR count). The largest absolute Gasteiger partial charge is 0.494 e. The molecule has 0 spiro atoms. The molecule has 1 aliphatic rings. The molecule has 8 heteroatoms. The first-order valence-electron chi connectivity index (χ1n) is 9.94. The minimum Gasteiger partial charge on any atom is -0.494 e. The Morgan fingerprint density at radius 1 is 1.14 bits per heavy atom. The molecule has 0 atom stereocenters. The number of unbranched alkanes of at least 4 members (excludes halogenated alkanes) is 1. The van der Waals surface area contributed by atoms with E-state index in [1.165, 1.54) is 6.07 Å². The first-order valence-corrected chi connectivity index (χ1v) is 9.94. The highest BCUT2D eigenvalue weighted by Crippen LogP contribution is 2.24. The van der Waals surface area contributed by atoms with Crippen LogP contribution in [-0.4, -0.2) is 38.3 Å². The normalized spacial score (nSPS) is 19.8. The van der Waals surface area contributed by atoms with Crippen LogP contribution in [0.4, 0.5) is 0 Å². The summed E-state index contributed by atoms with van der Waals surface area (Å²) in [5.74, 6) is 1.77. The fourth-order valence-corrected chi connectivity index (χ4v) is 3.81. The molecular formula is C20H26N5O3+. The number of aromatic amines is 2. The number of rotatable bonds is 7. The molecule has 3 N–H and O–H groups in total. The van der Waals surface area contributed by atoms with Crippen LogP contribution in [0.1, 0.15) is 50.4 Å². The molecule has 3 aromatic rings. The van der Waals surface area contributed by atoms with E-state index in [2.05, 4.69) is 25.2 Å². The lowest BCUT2D eigenvalue weighted by Crippen LogP contribution is -2.47. The van der Waals surface area contributed by atoms with Crippen LogP contribution in [0.2, 0.25) is 0 Å². The van der Waals surface area contributed by atoms with Crippen LogP contribution in [0.3, 0.4) is 0 Å². The fourth-order valence-electron chi connectivity index (χ4n) is 3.81. The minimum atomic E-state index is -0.163. The first-order chi connectivity index (χ1) is 13.7. The van der Waals surface area contributed by atoms with E-state index in [1.807, 2.05) is 18.2 Å². The van der Waals surface area contributed by atoms with Crippen LogP contribution in [-0.2, 0) is 6.42 Å². The summed E-state index contributed by atoms with van der Waals surface area (Å²) in [6.45, 7) is 0.627. The zero-order chi connectivity index (χ0) is 19.3. The average molecular weight is 384 g/mol. The number of ether oxygens (including phenoxy) is 1. The van der Waals surface area contributed by atoms with Gasteiger partial charge in [-0.2, -0.15) is 4.68 Å². The molecule has 0 saturated heterocycles. The molecule has 1 aliphatic carbocycles. The molecule has 8 nitrogen and oxygen atoms in total. The maximum absolute atomic E-state index is 11.3. The molecule has 0 amide bonds. The number of aromatic nitrogens is 5. The Morgan fingerprint density at radius 3 is 2.86 bits per heavy atom. The lowest BCUT2D eigenvalue weighted by Gasteiger charge is -2.23. The number of benzene rings is 1. The van der Waals surface area contributed by atoms with Crippen LogP contribution in [0.25, 0.3) is 10.9 Å². The summed E-state index contributed by atoms with van der Waals surface area (Å²) in [6.07, 6.45) is 6.15. The highest BCUT2D eigenvalue weighted by atomic mass is 16.5. The van der Waals surface area contributed by atoms with Gasteiger partial charge >= 0.3 is 5.82 Å². The molecule has 28 heavy (non-hydrogen) atoms. The van der Waals surface area contributed by atoms with Gasteiger partial charge in [-0.05, 0) is 62.8 Å². The molecule has 148 valence electrons. The van der Waals surface area contributed by atoms with Crippen LogP contribution in [0.5, 0.6) is 5.75 Å². The van der Waals surface area contributed by atoms with Gasteiger partial charge in [0, 0.05) is 23.4 Å². The van der Waals surface area contributed by atoms with Crippen molar-refractivity contribution >= 4 is 10.9 Å². The molecule has 1 fully saturated rings. The van der Waals surface area contributed by atoms with Gasteiger partial charge in [0.05, 0.1) is 12.7 Å². The number of H-pyrrole nitrogens is 2. The van der Waals surface area contributed by atoms with E-state index in [0.717, 1.165) is 67.4 Å². The second kappa shape index (κ2) is 8.52. The number of aryl methyl sites for hydroxylation is 1. The summed E-state index contributed by atoms with van der Waals surface area (Å²) in [4.78, 5) is 14.1. The quantitative estimate of drug-likeness (QED) is 0.425. The van der Waals surface area contributed by atoms with Crippen molar-refractivity contribution in [3.8, 4) is 5.75 Å².